The second-order valence-electron chi connectivity index (χ2n) is 5.47. The summed E-state index contributed by atoms with van der Waals surface area (Å²) in [6.45, 7) is 1.63. The monoisotopic (exact) mass is 311 g/mol. The van der Waals surface area contributed by atoms with E-state index in [0.717, 1.165) is 13.0 Å². The molecule has 0 aliphatic carbocycles. The smallest absolute Gasteiger partial charge is 0.119 e. The zero-order valence-corrected chi connectivity index (χ0v) is 13.2. The fourth-order valence-electron chi connectivity index (χ4n) is 2.19. The van der Waals surface area contributed by atoms with Crippen LogP contribution in [-0.2, 0) is 6.42 Å². The van der Waals surface area contributed by atoms with Gasteiger partial charge in [0.15, 0.2) is 0 Å². The molecule has 1 heterocycles. The lowest BCUT2D eigenvalue weighted by Crippen LogP contribution is -2.34. The van der Waals surface area contributed by atoms with E-state index in [9.17, 15) is 5.11 Å². The number of aromatic nitrogens is 1. The number of ether oxygens (including phenoxy) is 1. The van der Waals surface area contributed by atoms with E-state index in [1.807, 2.05) is 19.2 Å². The van der Waals surface area contributed by atoms with Gasteiger partial charge in [0.1, 0.15) is 18.5 Å². The van der Waals surface area contributed by atoms with Crippen molar-refractivity contribution in [2.24, 2.45) is 0 Å². The second-order valence-corrected chi connectivity index (χ2v) is 5.47. The summed E-state index contributed by atoms with van der Waals surface area (Å²) in [7, 11) is 1.98. The number of rotatable bonds is 8. The Balaban J connectivity index is 1.69. The molecular weight excluding hydrogens is 290 g/mol. The topological polar surface area (TPSA) is 69.4 Å². The number of aliphatic hydroxyl groups is 1. The van der Waals surface area contributed by atoms with Crippen LogP contribution in [0.3, 0.4) is 0 Å². The lowest BCUT2D eigenvalue weighted by molar-refractivity contribution is 0.0767. The van der Waals surface area contributed by atoms with E-state index in [2.05, 4.69) is 16.0 Å². The minimum atomic E-state index is -0.562. The maximum atomic E-state index is 10.0. The summed E-state index contributed by atoms with van der Waals surface area (Å²) < 4.78 is 5.54. The van der Waals surface area contributed by atoms with Gasteiger partial charge in [0.2, 0.25) is 0 Å². The Hall–Kier alpha value is -2.42. The van der Waals surface area contributed by atoms with Gasteiger partial charge in [-0.25, -0.2) is 0 Å². The van der Waals surface area contributed by atoms with E-state index in [4.69, 9.17) is 10.00 Å². The highest BCUT2D eigenvalue weighted by atomic mass is 16.5. The van der Waals surface area contributed by atoms with Gasteiger partial charge in [-0.15, -0.1) is 0 Å². The molecule has 1 N–H and O–H groups in total. The summed E-state index contributed by atoms with van der Waals surface area (Å²) in [5, 5.41) is 18.8. The molecule has 0 aliphatic heterocycles. The summed E-state index contributed by atoms with van der Waals surface area (Å²) >= 11 is 0. The van der Waals surface area contributed by atoms with Crippen molar-refractivity contribution in [2.45, 2.75) is 12.5 Å². The molecule has 23 heavy (non-hydrogen) atoms. The predicted molar refractivity (Wildman–Crippen MR) is 88.1 cm³/mol. The van der Waals surface area contributed by atoms with Crippen molar-refractivity contribution >= 4 is 0 Å². The minimum absolute atomic E-state index is 0.228. The molecule has 0 aliphatic rings. The molecule has 120 valence electrons. The number of nitriles is 1. The summed E-state index contributed by atoms with van der Waals surface area (Å²) in [5.74, 6) is 0.655. The molecule has 5 heteroatoms. The average molecular weight is 311 g/mol. The summed E-state index contributed by atoms with van der Waals surface area (Å²) in [6, 6.07) is 12.9. The third-order valence-electron chi connectivity index (χ3n) is 3.48. The molecule has 1 aromatic heterocycles. The SMILES string of the molecule is CN(CCc1ccncc1)CC(O)COc1ccc(C#N)cc1. The van der Waals surface area contributed by atoms with Crippen molar-refractivity contribution in [1.82, 2.24) is 9.88 Å². The molecule has 0 saturated heterocycles. The summed E-state index contributed by atoms with van der Waals surface area (Å²) in [5.41, 5.74) is 1.82. The zero-order valence-electron chi connectivity index (χ0n) is 13.2. The third kappa shape index (κ3) is 6.07. The molecule has 0 spiro atoms. The highest BCUT2D eigenvalue weighted by Crippen LogP contribution is 2.12. The van der Waals surface area contributed by atoms with Crippen LogP contribution in [0.2, 0.25) is 0 Å². The number of likely N-dealkylation sites (N-methyl/N-ethyl adjacent to an activating group) is 1. The molecule has 0 amide bonds. The third-order valence-corrected chi connectivity index (χ3v) is 3.48. The molecular formula is C18H21N3O2. The van der Waals surface area contributed by atoms with Gasteiger partial charge in [0, 0.05) is 25.5 Å². The van der Waals surface area contributed by atoms with Crippen LogP contribution in [-0.4, -0.2) is 47.8 Å². The van der Waals surface area contributed by atoms with E-state index in [0.29, 0.717) is 17.9 Å². The molecule has 0 fully saturated rings. The molecule has 1 unspecified atom stereocenters. The Bertz CT molecular complexity index is 623. The molecule has 2 aromatic rings. The van der Waals surface area contributed by atoms with Crippen molar-refractivity contribution in [1.29, 1.82) is 5.26 Å². The highest BCUT2D eigenvalue weighted by Gasteiger charge is 2.09. The Kier molecular flexibility index (Phi) is 6.55. The first-order valence-electron chi connectivity index (χ1n) is 7.56. The maximum absolute atomic E-state index is 10.0. The van der Waals surface area contributed by atoms with Crippen LogP contribution in [0.15, 0.2) is 48.8 Å². The molecule has 1 aromatic carbocycles. The molecule has 1 atom stereocenters. The minimum Gasteiger partial charge on any atom is -0.491 e. The van der Waals surface area contributed by atoms with Crippen molar-refractivity contribution in [3.63, 3.8) is 0 Å². The average Bonchev–Trinajstić information content (AvgIpc) is 2.59. The van der Waals surface area contributed by atoms with Crippen LogP contribution in [0.5, 0.6) is 5.75 Å². The van der Waals surface area contributed by atoms with Gasteiger partial charge in [-0.1, -0.05) is 0 Å². The van der Waals surface area contributed by atoms with E-state index >= 15 is 0 Å². The normalized spacial score (nSPS) is 11.9. The standard InChI is InChI=1S/C18H21N3O2/c1-21(11-8-15-6-9-20-10-7-15)13-17(22)14-23-18-4-2-16(12-19)3-5-18/h2-7,9-10,17,22H,8,11,13-14H2,1H3. The molecule has 5 nitrogen and oxygen atoms in total. The zero-order chi connectivity index (χ0) is 16.5. The Morgan fingerprint density at radius 1 is 1.22 bits per heavy atom. The largest absolute Gasteiger partial charge is 0.491 e. The Morgan fingerprint density at radius 2 is 1.91 bits per heavy atom. The van der Waals surface area contributed by atoms with Crippen LogP contribution in [0.1, 0.15) is 11.1 Å². The number of aliphatic hydroxyl groups excluding tert-OH is 1. The molecule has 2 rings (SSSR count). The molecule has 0 radical (unpaired) electrons. The highest BCUT2D eigenvalue weighted by molar-refractivity contribution is 5.34. The van der Waals surface area contributed by atoms with Crippen molar-refractivity contribution < 1.29 is 9.84 Å². The van der Waals surface area contributed by atoms with Crippen molar-refractivity contribution in [3.05, 3.63) is 59.9 Å². The number of hydrogen-bond donors (Lipinski definition) is 1. The van der Waals surface area contributed by atoms with Gasteiger partial charge >= 0.3 is 0 Å². The first-order valence-corrected chi connectivity index (χ1v) is 7.56. The first kappa shape index (κ1) is 16.9. The molecule has 0 bridgehead atoms. The van der Waals surface area contributed by atoms with Crippen LogP contribution < -0.4 is 4.74 Å². The fraction of sp³-hybridized carbons (Fsp3) is 0.333. The van der Waals surface area contributed by atoms with Crippen LogP contribution in [0.25, 0.3) is 0 Å². The first-order chi connectivity index (χ1) is 11.2. The summed E-state index contributed by atoms with van der Waals surface area (Å²) in [4.78, 5) is 6.07. The Labute approximate surface area is 136 Å². The van der Waals surface area contributed by atoms with E-state index < -0.39 is 6.10 Å². The van der Waals surface area contributed by atoms with Crippen LogP contribution >= 0.6 is 0 Å². The lowest BCUT2D eigenvalue weighted by Gasteiger charge is -2.20. The lowest BCUT2D eigenvalue weighted by atomic mass is 10.2. The Morgan fingerprint density at radius 3 is 2.57 bits per heavy atom. The van der Waals surface area contributed by atoms with Gasteiger partial charge in [-0.05, 0) is 55.4 Å². The summed E-state index contributed by atoms with van der Waals surface area (Å²) in [6.07, 6.45) is 3.93. The van der Waals surface area contributed by atoms with Crippen LogP contribution in [0, 0.1) is 11.3 Å². The second kappa shape index (κ2) is 8.89. The number of benzene rings is 1. The van der Waals surface area contributed by atoms with Crippen molar-refractivity contribution in [3.8, 4) is 11.8 Å². The number of nitrogens with zero attached hydrogens (tertiary/aromatic N) is 3. The van der Waals surface area contributed by atoms with E-state index in [1.54, 1.807) is 36.7 Å². The van der Waals surface area contributed by atoms with Gasteiger partial charge < -0.3 is 14.7 Å². The number of pyridine rings is 1. The van der Waals surface area contributed by atoms with E-state index in [1.165, 1.54) is 5.56 Å². The fourth-order valence-corrected chi connectivity index (χ4v) is 2.19. The van der Waals surface area contributed by atoms with E-state index in [-0.39, 0.29) is 6.61 Å². The maximum Gasteiger partial charge on any atom is 0.119 e. The predicted octanol–water partition coefficient (Wildman–Crippen LogP) is 1.87. The number of hydrogen-bond acceptors (Lipinski definition) is 5. The van der Waals surface area contributed by atoms with Gasteiger partial charge in [-0.3, -0.25) is 4.98 Å². The van der Waals surface area contributed by atoms with Gasteiger partial charge in [0.25, 0.3) is 0 Å². The molecule has 0 saturated carbocycles. The van der Waals surface area contributed by atoms with Crippen molar-refractivity contribution in [2.75, 3.05) is 26.7 Å². The van der Waals surface area contributed by atoms with Gasteiger partial charge in [0.05, 0.1) is 11.6 Å². The quantitative estimate of drug-likeness (QED) is 0.806. The van der Waals surface area contributed by atoms with Gasteiger partial charge in [-0.2, -0.15) is 5.26 Å². The van der Waals surface area contributed by atoms with Crippen LogP contribution in [0.4, 0.5) is 0 Å².